The molecule has 2 aromatic rings. The molecule has 1 amide bonds. The van der Waals surface area contributed by atoms with E-state index in [-0.39, 0.29) is 11.9 Å². The van der Waals surface area contributed by atoms with E-state index in [1.807, 2.05) is 49.4 Å². The first kappa shape index (κ1) is 20.2. The molecule has 0 bridgehead atoms. The van der Waals surface area contributed by atoms with E-state index in [2.05, 4.69) is 21.2 Å². The van der Waals surface area contributed by atoms with E-state index in [1.165, 1.54) is 5.56 Å². The van der Waals surface area contributed by atoms with Crippen molar-refractivity contribution in [3.05, 3.63) is 54.1 Å². The molecule has 0 radical (unpaired) electrons. The number of hydrogen-bond acceptors (Lipinski definition) is 5. The summed E-state index contributed by atoms with van der Waals surface area (Å²) in [5.41, 5.74) is 2.03. The van der Waals surface area contributed by atoms with Crippen LogP contribution < -0.4 is 14.8 Å². The zero-order valence-electron chi connectivity index (χ0n) is 16.9. The van der Waals surface area contributed by atoms with Crippen LogP contribution in [0.5, 0.6) is 11.5 Å². The van der Waals surface area contributed by atoms with Crippen LogP contribution in [-0.4, -0.2) is 62.1 Å². The van der Waals surface area contributed by atoms with Crippen LogP contribution in [0.25, 0.3) is 0 Å². The molecular formula is C22H29N3O3. The number of ether oxygens (including phenoxy) is 2. The summed E-state index contributed by atoms with van der Waals surface area (Å²) >= 11 is 0. The topological polar surface area (TPSA) is 54.0 Å². The minimum atomic E-state index is -0.150. The summed E-state index contributed by atoms with van der Waals surface area (Å²) in [6, 6.07) is 15.5. The monoisotopic (exact) mass is 383 g/mol. The summed E-state index contributed by atoms with van der Waals surface area (Å²) in [5, 5.41) is 2.99. The molecule has 1 N–H and O–H groups in total. The normalized spacial score (nSPS) is 16.4. The van der Waals surface area contributed by atoms with Crippen molar-refractivity contribution in [1.82, 2.24) is 9.80 Å². The Labute approximate surface area is 167 Å². The third-order valence-electron chi connectivity index (χ3n) is 5.23. The highest BCUT2D eigenvalue weighted by Gasteiger charge is 2.25. The molecule has 0 aliphatic carbocycles. The van der Waals surface area contributed by atoms with Crippen LogP contribution in [0.4, 0.5) is 5.69 Å². The number of nitrogens with one attached hydrogen (secondary N) is 1. The minimum absolute atomic E-state index is 0.0412. The van der Waals surface area contributed by atoms with Crippen LogP contribution in [0.1, 0.15) is 12.5 Å². The molecule has 0 unspecified atom stereocenters. The number of amides is 1. The number of hydrogen-bond donors (Lipinski definition) is 1. The molecule has 1 aliphatic rings. The standard InChI is InChI=1S/C22H29N3O3/c1-17(22(26)23-19-7-5-4-6-8-19)25-13-11-24(12-14-25)16-18-9-10-20(27-2)21(15-18)28-3/h4-10,15,17H,11-14,16H2,1-3H3,(H,23,26)/t17-/m0/s1. The highest BCUT2D eigenvalue weighted by Crippen LogP contribution is 2.28. The van der Waals surface area contributed by atoms with Crippen LogP contribution >= 0.6 is 0 Å². The molecule has 1 saturated heterocycles. The Hall–Kier alpha value is -2.57. The molecule has 1 heterocycles. The highest BCUT2D eigenvalue weighted by molar-refractivity contribution is 5.94. The van der Waals surface area contributed by atoms with Crippen molar-refractivity contribution in [3.8, 4) is 11.5 Å². The zero-order chi connectivity index (χ0) is 19.9. The number of para-hydroxylation sites is 1. The van der Waals surface area contributed by atoms with Crippen molar-refractivity contribution in [1.29, 1.82) is 0 Å². The predicted molar refractivity (Wildman–Crippen MR) is 111 cm³/mol. The predicted octanol–water partition coefficient (Wildman–Crippen LogP) is 2.85. The third kappa shape index (κ3) is 5.03. The molecule has 2 aromatic carbocycles. The molecule has 0 saturated carbocycles. The second-order valence-electron chi connectivity index (χ2n) is 7.03. The second kappa shape index (κ2) is 9.57. The number of piperazine rings is 1. The lowest BCUT2D eigenvalue weighted by Crippen LogP contribution is -2.52. The Kier molecular flexibility index (Phi) is 6.90. The number of rotatable bonds is 7. The first-order valence-electron chi connectivity index (χ1n) is 9.64. The van der Waals surface area contributed by atoms with Gasteiger partial charge in [0.25, 0.3) is 0 Å². The largest absolute Gasteiger partial charge is 0.493 e. The van der Waals surface area contributed by atoms with Gasteiger partial charge in [-0.2, -0.15) is 0 Å². The molecule has 0 aromatic heterocycles. The van der Waals surface area contributed by atoms with Crippen molar-refractivity contribution < 1.29 is 14.3 Å². The highest BCUT2D eigenvalue weighted by atomic mass is 16.5. The van der Waals surface area contributed by atoms with Crippen LogP contribution in [0, 0.1) is 0 Å². The fourth-order valence-electron chi connectivity index (χ4n) is 3.48. The summed E-state index contributed by atoms with van der Waals surface area (Å²) in [5.74, 6) is 1.54. The van der Waals surface area contributed by atoms with E-state index in [1.54, 1.807) is 14.2 Å². The van der Waals surface area contributed by atoms with Crippen LogP contribution in [0.2, 0.25) is 0 Å². The van der Waals surface area contributed by atoms with Gasteiger partial charge >= 0.3 is 0 Å². The second-order valence-corrected chi connectivity index (χ2v) is 7.03. The van der Waals surface area contributed by atoms with Gasteiger partial charge in [0.1, 0.15) is 0 Å². The third-order valence-corrected chi connectivity index (χ3v) is 5.23. The summed E-state index contributed by atoms with van der Waals surface area (Å²) in [7, 11) is 3.30. The fraction of sp³-hybridized carbons (Fsp3) is 0.409. The summed E-state index contributed by atoms with van der Waals surface area (Å²) < 4.78 is 10.7. The number of methoxy groups -OCH3 is 2. The summed E-state index contributed by atoms with van der Waals surface area (Å²) in [6.07, 6.45) is 0. The average molecular weight is 383 g/mol. The first-order valence-corrected chi connectivity index (χ1v) is 9.64. The number of nitrogens with zero attached hydrogens (tertiary/aromatic N) is 2. The molecule has 1 aliphatic heterocycles. The lowest BCUT2D eigenvalue weighted by atomic mass is 10.1. The maximum absolute atomic E-state index is 12.5. The lowest BCUT2D eigenvalue weighted by Gasteiger charge is -2.37. The molecule has 28 heavy (non-hydrogen) atoms. The quantitative estimate of drug-likeness (QED) is 0.797. The molecule has 6 heteroatoms. The molecule has 3 rings (SSSR count). The fourth-order valence-corrected chi connectivity index (χ4v) is 3.48. The molecule has 1 atom stereocenters. The van der Waals surface area contributed by atoms with Gasteiger partial charge in [-0.25, -0.2) is 0 Å². The van der Waals surface area contributed by atoms with Crippen LogP contribution in [0.15, 0.2) is 48.5 Å². The smallest absolute Gasteiger partial charge is 0.241 e. The van der Waals surface area contributed by atoms with Gasteiger partial charge in [-0.3, -0.25) is 14.6 Å². The molecule has 150 valence electrons. The van der Waals surface area contributed by atoms with E-state index in [0.29, 0.717) is 0 Å². The van der Waals surface area contributed by atoms with E-state index in [0.717, 1.165) is 49.9 Å². The minimum Gasteiger partial charge on any atom is -0.493 e. The summed E-state index contributed by atoms with van der Waals surface area (Å²) in [4.78, 5) is 17.2. The van der Waals surface area contributed by atoms with Gasteiger partial charge in [-0.15, -0.1) is 0 Å². The van der Waals surface area contributed by atoms with Crippen molar-refractivity contribution in [2.45, 2.75) is 19.5 Å². The molecule has 0 spiro atoms. The maximum Gasteiger partial charge on any atom is 0.241 e. The van der Waals surface area contributed by atoms with E-state index in [9.17, 15) is 4.79 Å². The molecular weight excluding hydrogens is 354 g/mol. The van der Waals surface area contributed by atoms with Gasteiger partial charge in [-0.05, 0) is 36.8 Å². The van der Waals surface area contributed by atoms with Gasteiger partial charge in [0.05, 0.1) is 20.3 Å². The van der Waals surface area contributed by atoms with Crippen molar-refractivity contribution in [2.24, 2.45) is 0 Å². The number of benzene rings is 2. The number of carbonyl (C=O) groups excluding carboxylic acids is 1. The molecule has 6 nitrogen and oxygen atoms in total. The van der Waals surface area contributed by atoms with Crippen LogP contribution in [-0.2, 0) is 11.3 Å². The lowest BCUT2D eigenvalue weighted by molar-refractivity contribution is -0.121. The van der Waals surface area contributed by atoms with Gasteiger partial charge in [0.15, 0.2) is 11.5 Å². The van der Waals surface area contributed by atoms with Gasteiger partial charge < -0.3 is 14.8 Å². The summed E-state index contributed by atoms with van der Waals surface area (Å²) in [6.45, 7) is 6.43. The Morgan fingerprint density at radius 2 is 1.68 bits per heavy atom. The average Bonchev–Trinajstić information content (AvgIpc) is 2.74. The van der Waals surface area contributed by atoms with Gasteiger partial charge in [-0.1, -0.05) is 24.3 Å². The SMILES string of the molecule is COc1ccc(CN2CCN([C@@H](C)C(=O)Nc3ccccc3)CC2)cc1OC. The molecule has 1 fully saturated rings. The van der Waals surface area contributed by atoms with E-state index >= 15 is 0 Å². The first-order chi connectivity index (χ1) is 13.6. The Morgan fingerprint density at radius 1 is 1.00 bits per heavy atom. The Bertz CT molecular complexity index is 774. The van der Waals surface area contributed by atoms with Gasteiger partial charge in [0, 0.05) is 38.4 Å². The Morgan fingerprint density at radius 3 is 2.32 bits per heavy atom. The van der Waals surface area contributed by atoms with E-state index < -0.39 is 0 Å². The Balaban J connectivity index is 1.50. The van der Waals surface area contributed by atoms with Crippen molar-refractivity contribution in [3.63, 3.8) is 0 Å². The van der Waals surface area contributed by atoms with Crippen LogP contribution in [0.3, 0.4) is 0 Å². The van der Waals surface area contributed by atoms with Crippen molar-refractivity contribution >= 4 is 11.6 Å². The zero-order valence-corrected chi connectivity index (χ0v) is 16.9. The maximum atomic E-state index is 12.5. The number of anilines is 1. The van der Waals surface area contributed by atoms with E-state index in [4.69, 9.17) is 9.47 Å². The van der Waals surface area contributed by atoms with Gasteiger partial charge in [0.2, 0.25) is 5.91 Å². The van der Waals surface area contributed by atoms with Crippen molar-refractivity contribution in [2.75, 3.05) is 45.7 Å². The number of carbonyl (C=O) groups is 1.